The number of ether oxygens (including phenoxy) is 1. The minimum Gasteiger partial charge on any atom is -0.376 e. The van der Waals surface area contributed by atoms with Gasteiger partial charge in [0, 0.05) is 12.6 Å². The van der Waals surface area contributed by atoms with E-state index in [2.05, 4.69) is 16.9 Å². The number of hydrogen-bond donors (Lipinski definition) is 1. The van der Waals surface area contributed by atoms with Gasteiger partial charge in [-0.15, -0.1) is 0 Å². The van der Waals surface area contributed by atoms with Gasteiger partial charge in [0.05, 0.1) is 25.0 Å². The fraction of sp³-hybridized carbons (Fsp3) is 0.667. The molecule has 30 heavy (non-hydrogen) atoms. The van der Waals surface area contributed by atoms with E-state index in [1.165, 1.54) is 5.56 Å². The Hall–Kier alpha value is -1.58. The van der Waals surface area contributed by atoms with E-state index in [1.807, 2.05) is 18.2 Å². The van der Waals surface area contributed by atoms with Crippen LogP contribution < -0.4 is 4.72 Å². The predicted octanol–water partition coefficient (Wildman–Crippen LogP) is 2.90. The largest absolute Gasteiger partial charge is 0.376 e. The molecule has 0 radical (unpaired) electrons. The highest BCUT2D eigenvalue weighted by atomic mass is 32.2. The Morgan fingerprint density at radius 1 is 1.17 bits per heavy atom. The first kappa shape index (κ1) is 23.1. The van der Waals surface area contributed by atoms with Crippen molar-refractivity contribution in [1.29, 1.82) is 0 Å². The molecule has 1 N–H and O–H groups in total. The lowest BCUT2D eigenvalue weighted by atomic mass is 9.83. The minimum absolute atomic E-state index is 0.0192. The van der Waals surface area contributed by atoms with E-state index in [1.54, 1.807) is 0 Å². The monoisotopic (exact) mass is 444 g/mol. The highest BCUT2D eigenvalue weighted by Gasteiger charge is 2.39. The summed E-state index contributed by atoms with van der Waals surface area (Å²) >= 11 is 0. The molecule has 2 atom stereocenters. The molecule has 1 aliphatic carbocycles. The van der Waals surface area contributed by atoms with Crippen molar-refractivity contribution in [2.75, 3.05) is 19.4 Å². The quantitative estimate of drug-likeness (QED) is 0.702. The van der Waals surface area contributed by atoms with Gasteiger partial charge < -0.3 is 9.64 Å². The van der Waals surface area contributed by atoms with Crippen molar-refractivity contribution in [3.63, 3.8) is 0 Å². The molecular weight excluding hydrogens is 414 g/mol. The molecule has 1 amide bonds. The van der Waals surface area contributed by atoms with Crippen LogP contribution in [0.5, 0.6) is 0 Å². The van der Waals surface area contributed by atoms with Gasteiger partial charge in [-0.25, -0.2) is 13.1 Å². The molecule has 2 aliphatic rings. The summed E-state index contributed by atoms with van der Waals surface area (Å²) in [4.78, 5) is 13.1. The summed E-state index contributed by atoms with van der Waals surface area (Å²) in [7, 11) is -3.54. The van der Waals surface area contributed by atoms with Gasteiger partial charge in [-0.05, 0) is 50.0 Å². The highest BCUT2D eigenvalue weighted by Crippen LogP contribution is 2.34. The van der Waals surface area contributed by atoms with Crippen molar-refractivity contribution in [2.24, 2.45) is 0 Å². The number of carbonyl (C=O) groups is 1. The topological polar surface area (TPSA) is 75.7 Å². The Bertz CT molecular complexity index is 798. The number of alkyl halides is 2. The number of nitrogens with zero attached hydrogens (tertiary/aromatic N) is 1. The van der Waals surface area contributed by atoms with Crippen LogP contribution in [-0.2, 0) is 19.6 Å². The third kappa shape index (κ3) is 6.21. The fourth-order valence-corrected chi connectivity index (χ4v) is 5.42. The molecule has 6 nitrogen and oxygen atoms in total. The average Bonchev–Trinajstić information content (AvgIpc) is 2.72. The molecule has 0 aromatic heterocycles. The molecule has 0 spiro atoms. The molecule has 1 heterocycles. The molecule has 2 fully saturated rings. The zero-order chi connectivity index (χ0) is 21.7. The van der Waals surface area contributed by atoms with Gasteiger partial charge >= 0.3 is 6.43 Å². The number of sulfonamides is 1. The summed E-state index contributed by atoms with van der Waals surface area (Å²) in [6, 6.07) is 8.95. The van der Waals surface area contributed by atoms with Crippen molar-refractivity contribution in [1.82, 2.24) is 9.62 Å². The molecule has 3 rings (SSSR count). The number of rotatable bonds is 7. The fourth-order valence-electron chi connectivity index (χ4n) is 4.60. The van der Waals surface area contributed by atoms with Crippen LogP contribution in [0.3, 0.4) is 0 Å². The van der Waals surface area contributed by atoms with Gasteiger partial charge in [0.15, 0.2) is 0 Å². The number of hydrogen-bond acceptors (Lipinski definition) is 4. The van der Waals surface area contributed by atoms with Crippen LogP contribution in [0.4, 0.5) is 8.78 Å². The van der Waals surface area contributed by atoms with Crippen LogP contribution in [0.15, 0.2) is 30.3 Å². The number of benzene rings is 1. The van der Waals surface area contributed by atoms with E-state index >= 15 is 0 Å². The summed E-state index contributed by atoms with van der Waals surface area (Å²) in [5.74, 6) is -0.784. The van der Waals surface area contributed by atoms with Crippen LogP contribution in [0, 0.1) is 0 Å². The summed E-state index contributed by atoms with van der Waals surface area (Å²) < 4.78 is 58.2. The Morgan fingerprint density at radius 2 is 1.83 bits per heavy atom. The molecule has 9 heteroatoms. The summed E-state index contributed by atoms with van der Waals surface area (Å²) in [5, 5.41) is 0. The zero-order valence-corrected chi connectivity index (χ0v) is 18.0. The maximum Gasteiger partial charge on any atom is 0.315 e. The van der Waals surface area contributed by atoms with E-state index in [0.717, 1.165) is 36.8 Å². The first-order valence-corrected chi connectivity index (χ1v) is 12.4. The van der Waals surface area contributed by atoms with Gasteiger partial charge in [-0.3, -0.25) is 4.79 Å². The molecule has 0 unspecified atom stereocenters. The van der Waals surface area contributed by atoms with Crippen molar-refractivity contribution in [2.45, 2.75) is 69.1 Å². The van der Waals surface area contributed by atoms with Gasteiger partial charge in [0.1, 0.15) is 0 Å². The third-order valence-corrected chi connectivity index (χ3v) is 6.79. The lowest BCUT2D eigenvalue weighted by molar-refractivity contribution is -0.150. The van der Waals surface area contributed by atoms with Crippen molar-refractivity contribution >= 4 is 15.9 Å². The van der Waals surface area contributed by atoms with Crippen LogP contribution >= 0.6 is 0 Å². The molecule has 1 aromatic carbocycles. The summed E-state index contributed by atoms with van der Waals surface area (Å²) in [6.45, 7) is 0.228. The maximum absolute atomic E-state index is 13.1. The average molecular weight is 445 g/mol. The maximum atomic E-state index is 13.1. The Morgan fingerprint density at radius 3 is 2.43 bits per heavy atom. The Labute approximate surface area is 177 Å². The van der Waals surface area contributed by atoms with E-state index < -0.39 is 34.4 Å². The molecule has 1 aromatic rings. The second kappa shape index (κ2) is 10.2. The van der Waals surface area contributed by atoms with E-state index in [0.29, 0.717) is 18.8 Å². The van der Waals surface area contributed by atoms with Gasteiger partial charge in [0.25, 0.3) is 5.91 Å². The number of likely N-dealkylation sites (tertiary alicyclic amines) is 1. The number of nitrogens with one attached hydrogen (secondary N) is 1. The van der Waals surface area contributed by atoms with Gasteiger partial charge in [-0.2, -0.15) is 8.78 Å². The minimum atomic E-state index is -3.54. The highest BCUT2D eigenvalue weighted by molar-refractivity contribution is 7.88. The van der Waals surface area contributed by atoms with Crippen LogP contribution in [-0.4, -0.2) is 63.2 Å². The number of amides is 1. The predicted molar refractivity (Wildman–Crippen MR) is 110 cm³/mol. The van der Waals surface area contributed by atoms with Crippen molar-refractivity contribution < 1.29 is 26.7 Å². The number of piperidine rings is 1. The van der Waals surface area contributed by atoms with Crippen LogP contribution in [0.1, 0.15) is 50.0 Å². The standard InChI is InChI=1S/C21H30F2N2O4S/c1-30(27,28)24-18-8-5-13-25(21(26)20(22)23)19(18)14-29-17-11-9-16(10-12-17)15-6-3-2-4-7-15/h2-4,6-7,16-20,24H,5,8-14H2,1H3/t16-,17+,18-,19-/m0/s1. The number of carbonyl (C=O) groups excluding carboxylic acids is 1. The van der Waals surface area contributed by atoms with E-state index in [4.69, 9.17) is 4.74 Å². The Kier molecular flexibility index (Phi) is 7.81. The molecular formula is C21H30F2N2O4S. The van der Waals surface area contributed by atoms with Crippen molar-refractivity contribution in [3.8, 4) is 0 Å². The van der Waals surface area contributed by atoms with Gasteiger partial charge in [-0.1, -0.05) is 30.3 Å². The second-order valence-corrected chi connectivity index (χ2v) is 10.0. The first-order valence-electron chi connectivity index (χ1n) is 10.5. The molecule has 1 saturated heterocycles. The summed E-state index contributed by atoms with van der Waals surface area (Å²) in [5.41, 5.74) is 1.31. The molecule has 0 bridgehead atoms. The number of halogens is 2. The van der Waals surface area contributed by atoms with E-state index in [9.17, 15) is 22.0 Å². The smallest absolute Gasteiger partial charge is 0.315 e. The normalized spacial score (nSPS) is 27.9. The molecule has 1 aliphatic heterocycles. The lowest BCUT2D eigenvalue weighted by Crippen LogP contribution is -2.60. The third-order valence-electron chi connectivity index (χ3n) is 6.06. The summed E-state index contributed by atoms with van der Waals surface area (Å²) in [6.07, 6.45) is 2.48. The lowest BCUT2D eigenvalue weighted by Gasteiger charge is -2.42. The van der Waals surface area contributed by atoms with Crippen LogP contribution in [0.25, 0.3) is 0 Å². The van der Waals surface area contributed by atoms with E-state index in [-0.39, 0.29) is 19.3 Å². The molecule has 1 saturated carbocycles. The van der Waals surface area contributed by atoms with Gasteiger partial charge in [0.2, 0.25) is 10.0 Å². The van der Waals surface area contributed by atoms with Crippen LogP contribution in [0.2, 0.25) is 0 Å². The van der Waals surface area contributed by atoms with Crippen molar-refractivity contribution in [3.05, 3.63) is 35.9 Å². The first-order chi connectivity index (χ1) is 14.2. The molecule has 168 valence electrons. The SMILES string of the molecule is CS(=O)(=O)N[C@H]1CCCN(C(=O)C(F)F)[C@H]1CO[C@H]1CC[C@@H](c2ccccc2)CC1. The zero-order valence-electron chi connectivity index (χ0n) is 17.2. The Balaban J connectivity index is 1.61. The second-order valence-electron chi connectivity index (χ2n) is 8.26.